The van der Waals surface area contributed by atoms with Gasteiger partial charge in [-0.1, -0.05) is 6.07 Å². The summed E-state index contributed by atoms with van der Waals surface area (Å²) >= 11 is 0. The molecule has 0 spiro atoms. The van der Waals surface area contributed by atoms with Crippen LogP contribution in [0.5, 0.6) is 0 Å². The average molecular weight is 279 g/mol. The van der Waals surface area contributed by atoms with Crippen LogP contribution in [0, 0.1) is 6.92 Å². The predicted molar refractivity (Wildman–Crippen MR) is 79.4 cm³/mol. The molecule has 0 aliphatic carbocycles. The van der Waals surface area contributed by atoms with Crippen LogP contribution in [0.3, 0.4) is 0 Å². The second-order valence-corrected chi connectivity index (χ2v) is 4.77. The molecule has 0 atom stereocenters. The third-order valence-electron chi connectivity index (χ3n) is 2.80. The van der Waals surface area contributed by atoms with Crippen LogP contribution in [0.4, 0.5) is 16.2 Å². The normalized spacial score (nSPS) is 9.95. The molecule has 0 bridgehead atoms. The van der Waals surface area contributed by atoms with Gasteiger partial charge in [0.2, 0.25) is 0 Å². The minimum absolute atomic E-state index is 0.0512. The van der Waals surface area contributed by atoms with E-state index in [1.807, 2.05) is 44.1 Å². The predicted octanol–water partition coefficient (Wildman–Crippen LogP) is 2.05. The zero-order chi connectivity index (χ0) is 15.1. The molecule has 0 saturated carbocycles. The number of nitrogens with one attached hydrogen (secondary N) is 2. The molecule has 0 radical (unpaired) electrons. The van der Waals surface area contributed by atoms with E-state index in [2.05, 4.69) is 10.6 Å². The van der Waals surface area contributed by atoms with Crippen molar-refractivity contribution in [3.63, 3.8) is 0 Å². The number of amides is 2. The molecule has 0 aliphatic heterocycles. The zero-order valence-electron chi connectivity index (χ0n) is 12.1. The molecule has 2 amide bonds. The van der Waals surface area contributed by atoms with Crippen molar-refractivity contribution in [1.82, 2.24) is 5.32 Å². The second-order valence-electron chi connectivity index (χ2n) is 4.77. The van der Waals surface area contributed by atoms with E-state index >= 15 is 0 Å². The van der Waals surface area contributed by atoms with Crippen molar-refractivity contribution in [2.24, 2.45) is 0 Å². The summed E-state index contributed by atoms with van der Waals surface area (Å²) in [5.41, 5.74) is 2.87. The number of carboxylic acids is 1. The summed E-state index contributed by atoms with van der Waals surface area (Å²) in [7, 11) is 3.89. The first-order valence-electron chi connectivity index (χ1n) is 6.45. The number of aliphatic carboxylic acids is 1. The van der Waals surface area contributed by atoms with Gasteiger partial charge in [0.1, 0.15) is 0 Å². The van der Waals surface area contributed by atoms with E-state index in [0.717, 1.165) is 11.3 Å². The number of urea groups is 1. The van der Waals surface area contributed by atoms with Gasteiger partial charge < -0.3 is 20.6 Å². The van der Waals surface area contributed by atoms with Crippen LogP contribution in [0.15, 0.2) is 18.2 Å². The van der Waals surface area contributed by atoms with Gasteiger partial charge in [0.25, 0.3) is 0 Å². The molecule has 6 nitrogen and oxygen atoms in total. The third kappa shape index (κ3) is 5.17. The maximum atomic E-state index is 11.6. The van der Waals surface area contributed by atoms with Gasteiger partial charge in [0.15, 0.2) is 0 Å². The van der Waals surface area contributed by atoms with Gasteiger partial charge in [-0.25, -0.2) is 4.79 Å². The minimum atomic E-state index is -0.860. The van der Waals surface area contributed by atoms with Crippen molar-refractivity contribution < 1.29 is 14.7 Å². The molecular weight excluding hydrogens is 258 g/mol. The van der Waals surface area contributed by atoms with Crippen molar-refractivity contribution in [2.75, 3.05) is 30.9 Å². The molecule has 0 heterocycles. The van der Waals surface area contributed by atoms with E-state index in [9.17, 15) is 9.59 Å². The van der Waals surface area contributed by atoms with Gasteiger partial charge in [0, 0.05) is 38.4 Å². The van der Waals surface area contributed by atoms with E-state index in [0.29, 0.717) is 18.7 Å². The molecule has 1 rings (SSSR count). The van der Waals surface area contributed by atoms with Gasteiger partial charge in [-0.3, -0.25) is 4.79 Å². The highest BCUT2D eigenvalue weighted by molar-refractivity contribution is 5.90. The zero-order valence-corrected chi connectivity index (χ0v) is 12.1. The van der Waals surface area contributed by atoms with Gasteiger partial charge in [0.05, 0.1) is 0 Å². The smallest absolute Gasteiger partial charge is 0.319 e. The lowest BCUT2D eigenvalue weighted by Crippen LogP contribution is -2.29. The van der Waals surface area contributed by atoms with Crippen LogP contribution in [0.1, 0.15) is 18.4 Å². The minimum Gasteiger partial charge on any atom is -0.481 e. The molecule has 0 aromatic heterocycles. The van der Waals surface area contributed by atoms with Crippen LogP contribution in [0.2, 0.25) is 0 Å². The lowest BCUT2D eigenvalue weighted by Gasteiger charge is -2.17. The maximum Gasteiger partial charge on any atom is 0.319 e. The van der Waals surface area contributed by atoms with Gasteiger partial charge in [-0.2, -0.15) is 0 Å². The maximum absolute atomic E-state index is 11.6. The molecule has 1 aromatic carbocycles. The Kier molecular flexibility index (Phi) is 5.83. The number of hydrogen-bond acceptors (Lipinski definition) is 3. The van der Waals surface area contributed by atoms with Crippen LogP contribution >= 0.6 is 0 Å². The van der Waals surface area contributed by atoms with Crippen molar-refractivity contribution in [3.8, 4) is 0 Å². The Morgan fingerprint density at radius 1 is 1.30 bits per heavy atom. The molecule has 0 saturated heterocycles. The highest BCUT2D eigenvalue weighted by atomic mass is 16.4. The van der Waals surface area contributed by atoms with Crippen LogP contribution in [-0.4, -0.2) is 37.7 Å². The Balaban J connectivity index is 2.49. The number of nitrogens with zero attached hydrogens (tertiary/aromatic N) is 1. The summed E-state index contributed by atoms with van der Waals surface area (Å²) < 4.78 is 0. The highest BCUT2D eigenvalue weighted by Gasteiger charge is 2.05. The highest BCUT2D eigenvalue weighted by Crippen LogP contribution is 2.22. The Morgan fingerprint density at radius 3 is 2.60 bits per heavy atom. The number of carbonyl (C=O) groups excluding carboxylic acids is 1. The van der Waals surface area contributed by atoms with Crippen molar-refractivity contribution in [1.29, 1.82) is 0 Å². The molecule has 0 unspecified atom stereocenters. The van der Waals surface area contributed by atoms with Crippen LogP contribution in [-0.2, 0) is 4.79 Å². The average Bonchev–Trinajstić information content (AvgIpc) is 2.36. The first kappa shape index (κ1) is 15.8. The number of anilines is 2. The topological polar surface area (TPSA) is 81.7 Å². The van der Waals surface area contributed by atoms with Crippen LogP contribution in [0.25, 0.3) is 0 Å². The van der Waals surface area contributed by atoms with E-state index in [1.165, 1.54) is 0 Å². The van der Waals surface area contributed by atoms with E-state index < -0.39 is 5.97 Å². The molecule has 0 fully saturated rings. The number of hydrogen-bond donors (Lipinski definition) is 3. The number of aryl methyl sites for hydroxylation is 1. The van der Waals surface area contributed by atoms with Gasteiger partial charge in [-0.05, 0) is 31.0 Å². The SMILES string of the molecule is Cc1ccc(NC(=O)NCCCC(=O)O)cc1N(C)C. The molecule has 0 aliphatic rings. The summed E-state index contributed by atoms with van der Waals surface area (Å²) in [6.07, 6.45) is 0.467. The Morgan fingerprint density at radius 2 is 2.00 bits per heavy atom. The number of carbonyl (C=O) groups is 2. The first-order valence-corrected chi connectivity index (χ1v) is 6.45. The largest absolute Gasteiger partial charge is 0.481 e. The molecule has 110 valence electrons. The lowest BCUT2D eigenvalue weighted by atomic mass is 10.1. The summed E-state index contributed by atoms with van der Waals surface area (Å²) in [6, 6.07) is 5.34. The number of carboxylic acid groups (broad SMARTS) is 1. The Labute approximate surface area is 118 Å². The molecule has 20 heavy (non-hydrogen) atoms. The third-order valence-corrected chi connectivity index (χ3v) is 2.80. The monoisotopic (exact) mass is 279 g/mol. The standard InChI is InChI=1S/C14H21N3O3/c1-10-6-7-11(9-12(10)17(2)3)16-14(20)15-8-4-5-13(18)19/h6-7,9H,4-5,8H2,1-3H3,(H,18,19)(H2,15,16,20). The lowest BCUT2D eigenvalue weighted by molar-refractivity contribution is -0.137. The fraction of sp³-hybridized carbons (Fsp3) is 0.429. The summed E-state index contributed by atoms with van der Waals surface area (Å²) in [5, 5.41) is 13.8. The molecule has 3 N–H and O–H groups in total. The Hall–Kier alpha value is -2.24. The molecule has 6 heteroatoms. The summed E-state index contributed by atoms with van der Waals surface area (Å²) in [4.78, 5) is 24.0. The molecule has 1 aromatic rings. The second kappa shape index (κ2) is 7.37. The summed E-state index contributed by atoms with van der Waals surface area (Å²) in [6.45, 7) is 2.34. The van der Waals surface area contributed by atoms with E-state index in [4.69, 9.17) is 5.11 Å². The van der Waals surface area contributed by atoms with Crippen molar-refractivity contribution >= 4 is 23.4 Å². The molecular formula is C14H21N3O3. The summed E-state index contributed by atoms with van der Waals surface area (Å²) in [5.74, 6) is -0.860. The van der Waals surface area contributed by atoms with E-state index in [1.54, 1.807) is 0 Å². The first-order chi connectivity index (χ1) is 9.40. The fourth-order valence-electron chi connectivity index (χ4n) is 1.79. The van der Waals surface area contributed by atoms with Gasteiger partial charge >= 0.3 is 12.0 Å². The Bertz CT molecular complexity index is 487. The quantitative estimate of drug-likeness (QED) is 0.696. The number of benzene rings is 1. The van der Waals surface area contributed by atoms with E-state index in [-0.39, 0.29) is 12.5 Å². The van der Waals surface area contributed by atoms with Crippen molar-refractivity contribution in [3.05, 3.63) is 23.8 Å². The fourth-order valence-corrected chi connectivity index (χ4v) is 1.79. The number of rotatable bonds is 6. The van der Waals surface area contributed by atoms with Crippen LogP contribution < -0.4 is 15.5 Å². The van der Waals surface area contributed by atoms with Gasteiger partial charge in [-0.15, -0.1) is 0 Å². The van der Waals surface area contributed by atoms with Crippen molar-refractivity contribution in [2.45, 2.75) is 19.8 Å².